The van der Waals surface area contributed by atoms with Crippen molar-refractivity contribution in [1.82, 2.24) is 0 Å². The van der Waals surface area contributed by atoms with E-state index in [9.17, 15) is 19.2 Å². The molecule has 0 radical (unpaired) electrons. The molecule has 8 heteroatoms. The molecule has 0 spiro atoms. The number of carbonyl (C=O) groups excluding carboxylic acids is 4. The smallest absolute Gasteiger partial charge is 0.149 e. The predicted molar refractivity (Wildman–Crippen MR) is 136 cm³/mol. The summed E-state index contributed by atoms with van der Waals surface area (Å²) < 4.78 is 0. The molecule has 0 aromatic heterocycles. The first-order valence-electron chi connectivity index (χ1n) is 12.9. The molecule has 1 aromatic rings. The van der Waals surface area contributed by atoms with Gasteiger partial charge in [-0.2, -0.15) is 0 Å². The molecule has 0 amide bonds. The number of rotatable bonds is 10. The fourth-order valence-corrected chi connectivity index (χ4v) is 5.14. The second-order valence-electron chi connectivity index (χ2n) is 9.32. The Bertz CT molecular complexity index is 924. The van der Waals surface area contributed by atoms with Gasteiger partial charge in [-0.25, -0.2) is 0 Å². The first-order chi connectivity index (χ1) is 17.3. The maximum Gasteiger partial charge on any atom is 0.149 e. The molecule has 194 valence electrons. The van der Waals surface area contributed by atoms with Crippen LogP contribution in [0.4, 0.5) is 0 Å². The highest BCUT2D eigenvalue weighted by atomic mass is 16.6. The molecule has 8 nitrogen and oxygen atoms in total. The first kappa shape index (κ1) is 27.4. The SMILES string of the molecule is CCO/N=C(/CC)C1C(=O)CC(c2ccc(C3CC(=O)C(/C(CC)=N\OCC)C(=O)C3)cc2)CC1=O. The van der Waals surface area contributed by atoms with E-state index in [-0.39, 0.29) is 60.7 Å². The van der Waals surface area contributed by atoms with Crippen molar-refractivity contribution in [2.45, 2.75) is 78.1 Å². The molecule has 2 aliphatic carbocycles. The zero-order valence-corrected chi connectivity index (χ0v) is 21.6. The summed E-state index contributed by atoms with van der Waals surface area (Å²) in [6.07, 6.45) is 2.03. The van der Waals surface area contributed by atoms with Gasteiger partial charge in [0.25, 0.3) is 0 Å². The van der Waals surface area contributed by atoms with Crippen molar-refractivity contribution >= 4 is 34.6 Å². The Hall–Kier alpha value is -3.16. The summed E-state index contributed by atoms with van der Waals surface area (Å²) in [5, 5.41) is 8.00. The van der Waals surface area contributed by atoms with E-state index < -0.39 is 11.8 Å². The van der Waals surface area contributed by atoms with E-state index in [4.69, 9.17) is 9.68 Å². The van der Waals surface area contributed by atoms with Crippen LogP contribution in [0.1, 0.15) is 89.2 Å². The van der Waals surface area contributed by atoms with E-state index in [0.29, 0.717) is 37.5 Å². The lowest BCUT2D eigenvalue weighted by atomic mass is 9.73. The van der Waals surface area contributed by atoms with Crippen LogP contribution in [-0.2, 0) is 28.9 Å². The second kappa shape index (κ2) is 12.7. The molecule has 2 saturated carbocycles. The number of carbonyl (C=O) groups is 4. The predicted octanol–water partition coefficient (Wildman–Crippen LogP) is 4.56. The Kier molecular flexibility index (Phi) is 9.67. The Morgan fingerprint density at radius 2 is 0.944 bits per heavy atom. The summed E-state index contributed by atoms with van der Waals surface area (Å²) in [4.78, 5) is 61.7. The summed E-state index contributed by atoms with van der Waals surface area (Å²) in [5.41, 5.74) is 2.79. The van der Waals surface area contributed by atoms with Gasteiger partial charge < -0.3 is 9.68 Å². The van der Waals surface area contributed by atoms with Crippen LogP contribution in [0.25, 0.3) is 0 Å². The lowest BCUT2D eigenvalue weighted by Gasteiger charge is -2.28. The van der Waals surface area contributed by atoms with Crippen LogP contribution in [-0.4, -0.2) is 47.8 Å². The fourth-order valence-electron chi connectivity index (χ4n) is 5.14. The van der Waals surface area contributed by atoms with Crippen molar-refractivity contribution in [3.05, 3.63) is 35.4 Å². The van der Waals surface area contributed by atoms with Crippen LogP contribution in [0.2, 0.25) is 0 Å². The lowest BCUT2D eigenvalue weighted by Crippen LogP contribution is -2.38. The highest BCUT2D eigenvalue weighted by Gasteiger charge is 2.40. The van der Waals surface area contributed by atoms with Crippen molar-refractivity contribution in [2.24, 2.45) is 22.1 Å². The molecule has 0 saturated heterocycles. The van der Waals surface area contributed by atoms with Gasteiger partial charge in [0.15, 0.2) is 0 Å². The van der Waals surface area contributed by atoms with Gasteiger partial charge in [-0.1, -0.05) is 48.4 Å². The Labute approximate surface area is 212 Å². The molecule has 36 heavy (non-hydrogen) atoms. The van der Waals surface area contributed by atoms with Crippen molar-refractivity contribution in [1.29, 1.82) is 0 Å². The number of hydrogen-bond donors (Lipinski definition) is 0. The minimum atomic E-state index is -0.816. The van der Waals surface area contributed by atoms with E-state index in [0.717, 1.165) is 11.1 Å². The zero-order chi connectivity index (χ0) is 26.2. The van der Waals surface area contributed by atoms with E-state index in [1.807, 2.05) is 38.1 Å². The molecular weight excluding hydrogens is 460 g/mol. The Morgan fingerprint density at radius 3 is 1.19 bits per heavy atom. The van der Waals surface area contributed by atoms with Gasteiger partial charge in [0.1, 0.15) is 48.2 Å². The average Bonchev–Trinajstić information content (AvgIpc) is 2.87. The lowest BCUT2D eigenvalue weighted by molar-refractivity contribution is -0.135. The molecule has 0 heterocycles. The molecular formula is C28H36N2O6. The van der Waals surface area contributed by atoms with E-state index in [2.05, 4.69) is 10.3 Å². The van der Waals surface area contributed by atoms with Gasteiger partial charge in [-0.3, -0.25) is 19.2 Å². The molecule has 0 atom stereocenters. The summed E-state index contributed by atoms with van der Waals surface area (Å²) >= 11 is 0. The average molecular weight is 497 g/mol. The number of Topliss-reactive ketones (excluding diaryl/α,β-unsaturated/α-hetero) is 4. The topological polar surface area (TPSA) is 111 Å². The van der Waals surface area contributed by atoms with Gasteiger partial charge in [0.2, 0.25) is 0 Å². The van der Waals surface area contributed by atoms with Crippen LogP contribution >= 0.6 is 0 Å². The minimum absolute atomic E-state index is 0.129. The van der Waals surface area contributed by atoms with Gasteiger partial charge in [-0.15, -0.1) is 0 Å². The molecule has 0 bridgehead atoms. The molecule has 0 unspecified atom stereocenters. The van der Waals surface area contributed by atoms with Crippen LogP contribution in [0.5, 0.6) is 0 Å². The third-order valence-corrected chi connectivity index (χ3v) is 6.97. The Balaban J connectivity index is 1.69. The van der Waals surface area contributed by atoms with Crippen molar-refractivity contribution in [3.63, 3.8) is 0 Å². The second-order valence-corrected chi connectivity index (χ2v) is 9.32. The fraction of sp³-hybridized carbons (Fsp3) is 0.571. The number of benzene rings is 1. The molecule has 2 fully saturated rings. The van der Waals surface area contributed by atoms with Gasteiger partial charge in [0, 0.05) is 25.7 Å². The van der Waals surface area contributed by atoms with E-state index in [1.165, 1.54) is 0 Å². The van der Waals surface area contributed by atoms with Gasteiger partial charge in [-0.05, 0) is 49.7 Å². The molecule has 0 aliphatic heterocycles. The minimum Gasteiger partial charge on any atom is -0.396 e. The standard InChI is InChI=1S/C28H36N2O6/c1-5-21(29-35-7-3)27-23(31)13-19(14-24(27)32)17-9-11-18(12-10-17)20-15-25(33)28(26(34)16-20)22(6-2)30-36-8-4/h9-12,19-20,27-28H,5-8,13-16H2,1-4H3/b29-21-,30-22-. The molecule has 3 rings (SSSR count). The number of hydrogen-bond acceptors (Lipinski definition) is 8. The summed E-state index contributed by atoms with van der Waals surface area (Å²) in [6, 6.07) is 7.63. The maximum atomic E-state index is 12.9. The summed E-state index contributed by atoms with van der Waals surface area (Å²) in [7, 11) is 0. The summed E-state index contributed by atoms with van der Waals surface area (Å²) in [6.45, 7) is 8.09. The quantitative estimate of drug-likeness (QED) is 0.267. The monoisotopic (exact) mass is 496 g/mol. The van der Waals surface area contributed by atoms with Crippen molar-refractivity contribution < 1.29 is 28.9 Å². The summed E-state index contributed by atoms with van der Waals surface area (Å²) in [5.74, 6) is -2.53. The van der Waals surface area contributed by atoms with Crippen LogP contribution in [0.3, 0.4) is 0 Å². The maximum absolute atomic E-state index is 12.9. The zero-order valence-electron chi connectivity index (χ0n) is 21.6. The number of ketones is 4. The van der Waals surface area contributed by atoms with Crippen LogP contribution in [0.15, 0.2) is 34.6 Å². The van der Waals surface area contributed by atoms with Crippen molar-refractivity contribution in [3.8, 4) is 0 Å². The van der Waals surface area contributed by atoms with Crippen LogP contribution < -0.4 is 0 Å². The Morgan fingerprint density at radius 1 is 0.639 bits per heavy atom. The van der Waals surface area contributed by atoms with Crippen molar-refractivity contribution in [2.75, 3.05) is 13.2 Å². The normalized spacial score (nSPS) is 25.8. The molecule has 2 aliphatic rings. The number of nitrogens with zero attached hydrogens (tertiary/aromatic N) is 2. The highest BCUT2D eigenvalue weighted by Crippen LogP contribution is 2.36. The molecule has 0 N–H and O–H groups in total. The number of oxime groups is 2. The highest BCUT2D eigenvalue weighted by molar-refractivity contribution is 6.23. The van der Waals surface area contributed by atoms with E-state index >= 15 is 0 Å². The first-order valence-corrected chi connectivity index (χ1v) is 12.9. The van der Waals surface area contributed by atoms with Gasteiger partial charge in [0.05, 0.1) is 11.4 Å². The third-order valence-electron chi connectivity index (χ3n) is 6.97. The van der Waals surface area contributed by atoms with E-state index in [1.54, 1.807) is 13.8 Å². The molecule has 1 aromatic carbocycles. The van der Waals surface area contributed by atoms with Crippen LogP contribution in [0, 0.1) is 11.8 Å². The third kappa shape index (κ3) is 6.15. The largest absolute Gasteiger partial charge is 0.396 e. The van der Waals surface area contributed by atoms with Gasteiger partial charge >= 0.3 is 0 Å².